The van der Waals surface area contributed by atoms with E-state index in [1.54, 1.807) is 12.1 Å². The Morgan fingerprint density at radius 1 is 1.18 bits per heavy atom. The minimum atomic E-state index is -0.264. The highest BCUT2D eigenvalue weighted by Gasteiger charge is 1.89. The van der Waals surface area contributed by atoms with Crippen LogP contribution in [0, 0.1) is 5.82 Å². The molecule has 0 unspecified atom stereocenters. The molecule has 0 amide bonds. The molecule has 0 spiro atoms. The lowest BCUT2D eigenvalue weighted by atomic mass is 10.3. The first kappa shape index (κ1) is 10.5. The molecule has 1 aromatic rings. The molecule has 5 heteroatoms. The summed E-state index contributed by atoms with van der Waals surface area (Å²) in [7, 11) is 0. The molecule has 0 saturated carbocycles. The molecule has 0 aliphatic carbocycles. The molecule has 0 saturated heterocycles. The van der Waals surface area contributed by atoms with Crippen LogP contribution < -0.4 is 10.4 Å². The van der Waals surface area contributed by atoms with Crippen molar-refractivity contribution in [3.05, 3.63) is 30.1 Å². The van der Waals surface area contributed by atoms with Crippen LogP contribution in [-0.2, 0) is 0 Å². The smallest absolute Gasteiger partial charge is 0.123 e. The molecule has 1 aromatic carbocycles. The molecular formula is C6H7Cl2FN2. The summed E-state index contributed by atoms with van der Waals surface area (Å²) in [5.74, 6) is -0.264. The molecule has 1 rings (SSSR count). The Kier molecular flexibility index (Phi) is 4.94. The lowest BCUT2D eigenvalue weighted by Gasteiger charge is -1.99. The van der Waals surface area contributed by atoms with Crippen molar-refractivity contribution in [1.82, 2.24) is 4.94 Å². The van der Waals surface area contributed by atoms with Crippen LogP contribution in [0.15, 0.2) is 24.3 Å². The Morgan fingerprint density at radius 2 is 1.73 bits per heavy atom. The number of benzene rings is 1. The van der Waals surface area contributed by atoms with E-state index in [1.165, 1.54) is 12.1 Å². The fraction of sp³-hybridized carbons (Fsp3) is 0. The molecule has 0 fully saturated rings. The van der Waals surface area contributed by atoms with Gasteiger partial charge in [-0.2, -0.15) is 0 Å². The molecule has 0 radical (unpaired) electrons. The van der Waals surface area contributed by atoms with Gasteiger partial charge in [0.1, 0.15) is 5.82 Å². The van der Waals surface area contributed by atoms with Gasteiger partial charge in [0.05, 0.1) is 5.69 Å². The summed E-state index contributed by atoms with van der Waals surface area (Å²) in [5.41, 5.74) is 3.30. The molecule has 0 bridgehead atoms. The van der Waals surface area contributed by atoms with Gasteiger partial charge < -0.3 is 5.43 Å². The first-order valence-electron chi connectivity index (χ1n) is 2.70. The zero-order chi connectivity index (χ0) is 7.40. The van der Waals surface area contributed by atoms with E-state index < -0.39 is 0 Å². The second kappa shape index (κ2) is 5.18. The second-order valence-corrected chi connectivity index (χ2v) is 1.92. The summed E-state index contributed by atoms with van der Waals surface area (Å²) in [5, 5.41) is 0. The van der Waals surface area contributed by atoms with Gasteiger partial charge in [0, 0.05) is 0 Å². The van der Waals surface area contributed by atoms with Gasteiger partial charge in [0.15, 0.2) is 0 Å². The quantitative estimate of drug-likeness (QED) is 0.561. The van der Waals surface area contributed by atoms with Crippen LogP contribution in [0.5, 0.6) is 0 Å². The van der Waals surface area contributed by atoms with E-state index in [9.17, 15) is 4.39 Å². The monoisotopic (exact) mass is 196 g/mol. The third kappa shape index (κ3) is 3.41. The van der Waals surface area contributed by atoms with Gasteiger partial charge in [-0.3, -0.25) is 0 Å². The van der Waals surface area contributed by atoms with E-state index in [-0.39, 0.29) is 18.2 Å². The summed E-state index contributed by atoms with van der Waals surface area (Å²) in [6.45, 7) is 0. The molecule has 0 heterocycles. The van der Waals surface area contributed by atoms with Gasteiger partial charge in [-0.15, -0.1) is 17.4 Å². The second-order valence-electron chi connectivity index (χ2n) is 1.73. The Morgan fingerprint density at radius 3 is 2.18 bits per heavy atom. The van der Waals surface area contributed by atoms with Crippen molar-refractivity contribution < 1.29 is 4.39 Å². The van der Waals surface area contributed by atoms with Crippen LogP contribution in [0.3, 0.4) is 0 Å². The number of halogens is 3. The highest BCUT2D eigenvalue weighted by atomic mass is 35.5. The Bertz CT molecular complexity index is 202. The van der Waals surface area contributed by atoms with Crippen LogP contribution in [-0.4, -0.2) is 0 Å². The lowest BCUT2D eigenvalue weighted by molar-refractivity contribution is 0.628. The summed E-state index contributed by atoms with van der Waals surface area (Å²) >= 11 is 5.12. The van der Waals surface area contributed by atoms with Gasteiger partial charge in [-0.05, 0) is 36.0 Å². The first-order valence-corrected chi connectivity index (χ1v) is 3.08. The predicted molar refractivity (Wildman–Crippen MR) is 46.3 cm³/mol. The minimum Gasteiger partial charge on any atom is -0.308 e. The number of rotatable bonds is 2. The largest absolute Gasteiger partial charge is 0.308 e. The molecule has 62 valence electrons. The number of nitrogens with one attached hydrogen (secondary N) is 2. The van der Waals surface area contributed by atoms with Crippen molar-refractivity contribution in [2.24, 2.45) is 0 Å². The normalized spacial score (nSPS) is 8.55. The number of hydrogen-bond donors (Lipinski definition) is 2. The third-order valence-corrected chi connectivity index (χ3v) is 1.13. The number of anilines is 1. The molecule has 0 aliphatic heterocycles. The Hall–Kier alpha value is -0.510. The highest BCUT2D eigenvalue weighted by Crippen LogP contribution is 2.06. The van der Waals surface area contributed by atoms with Gasteiger partial charge in [0.2, 0.25) is 0 Å². The fourth-order valence-electron chi connectivity index (χ4n) is 0.588. The van der Waals surface area contributed by atoms with Crippen molar-refractivity contribution in [1.29, 1.82) is 0 Å². The first-order chi connectivity index (χ1) is 4.83. The molecular weight excluding hydrogens is 190 g/mol. The predicted octanol–water partition coefficient (Wildman–Crippen LogP) is 2.32. The lowest BCUT2D eigenvalue weighted by Crippen LogP contribution is -2.07. The van der Waals surface area contributed by atoms with E-state index in [0.29, 0.717) is 0 Å². The van der Waals surface area contributed by atoms with Crippen molar-refractivity contribution in [2.75, 3.05) is 5.43 Å². The summed E-state index contributed by atoms with van der Waals surface area (Å²) in [6, 6.07) is 5.84. The summed E-state index contributed by atoms with van der Waals surface area (Å²) in [4.78, 5) is 2.20. The summed E-state index contributed by atoms with van der Waals surface area (Å²) < 4.78 is 12.2. The highest BCUT2D eigenvalue weighted by molar-refractivity contribution is 6.13. The average molecular weight is 197 g/mol. The van der Waals surface area contributed by atoms with Crippen LogP contribution in [0.4, 0.5) is 10.1 Å². The van der Waals surface area contributed by atoms with Crippen LogP contribution in [0.25, 0.3) is 0 Å². The van der Waals surface area contributed by atoms with E-state index >= 15 is 0 Å². The van der Waals surface area contributed by atoms with Crippen molar-refractivity contribution in [3.63, 3.8) is 0 Å². The topological polar surface area (TPSA) is 24.1 Å². The molecule has 11 heavy (non-hydrogen) atoms. The van der Waals surface area contributed by atoms with Crippen LogP contribution in [0.1, 0.15) is 0 Å². The van der Waals surface area contributed by atoms with Gasteiger partial charge >= 0.3 is 0 Å². The van der Waals surface area contributed by atoms with E-state index in [0.717, 1.165) is 5.69 Å². The fourth-order valence-corrected chi connectivity index (χ4v) is 0.697. The molecule has 2 nitrogen and oxygen atoms in total. The maximum absolute atomic E-state index is 12.2. The SMILES string of the molecule is Cl.Fc1ccc(NNCl)cc1. The summed E-state index contributed by atoms with van der Waals surface area (Å²) in [6.07, 6.45) is 0. The van der Waals surface area contributed by atoms with E-state index in [4.69, 9.17) is 11.8 Å². The maximum atomic E-state index is 12.2. The third-order valence-electron chi connectivity index (χ3n) is 1.04. The molecule has 0 atom stereocenters. The number of hydrazine groups is 1. The Labute approximate surface area is 75.2 Å². The van der Waals surface area contributed by atoms with Crippen LogP contribution >= 0.6 is 24.2 Å². The minimum absolute atomic E-state index is 0. The van der Waals surface area contributed by atoms with Crippen molar-refractivity contribution in [2.45, 2.75) is 0 Å². The van der Waals surface area contributed by atoms with E-state index in [1.807, 2.05) is 0 Å². The zero-order valence-corrected chi connectivity index (χ0v) is 7.05. The standard InChI is InChI=1S/C6H6ClFN2.ClH/c7-10-9-6-3-1-5(8)2-4-6;/h1-4,9-10H;1H. The number of hydrogen-bond acceptors (Lipinski definition) is 2. The molecule has 0 aromatic heterocycles. The van der Waals surface area contributed by atoms with E-state index in [2.05, 4.69) is 10.4 Å². The van der Waals surface area contributed by atoms with Crippen LogP contribution in [0.2, 0.25) is 0 Å². The van der Waals surface area contributed by atoms with Gasteiger partial charge in [-0.25, -0.2) is 4.39 Å². The van der Waals surface area contributed by atoms with Gasteiger partial charge in [0.25, 0.3) is 0 Å². The maximum Gasteiger partial charge on any atom is 0.123 e. The zero-order valence-electron chi connectivity index (χ0n) is 5.47. The van der Waals surface area contributed by atoms with Crippen molar-refractivity contribution in [3.8, 4) is 0 Å². The average Bonchev–Trinajstić information content (AvgIpc) is 1.95. The molecule has 2 N–H and O–H groups in total. The van der Waals surface area contributed by atoms with Gasteiger partial charge in [-0.1, -0.05) is 0 Å². The Balaban J connectivity index is 0.000001000. The molecule has 0 aliphatic rings. The van der Waals surface area contributed by atoms with Crippen molar-refractivity contribution >= 4 is 29.9 Å².